The number of amides is 2. The number of carbonyl (C=O) groups excluding carboxylic acids is 2. The molecule has 0 bridgehead atoms. The van der Waals surface area contributed by atoms with Crippen LogP contribution in [0.15, 0.2) is 82.6 Å². The lowest BCUT2D eigenvalue weighted by molar-refractivity contribution is -0.142. The van der Waals surface area contributed by atoms with Gasteiger partial charge in [-0.15, -0.1) is 0 Å². The van der Waals surface area contributed by atoms with Crippen LogP contribution in [0.5, 0.6) is 0 Å². The molecule has 3 fully saturated rings. The summed E-state index contributed by atoms with van der Waals surface area (Å²) in [6.45, 7) is 8.43. The van der Waals surface area contributed by atoms with Crippen molar-refractivity contribution in [1.29, 1.82) is 5.26 Å². The Morgan fingerprint density at radius 2 is 1.80 bits per heavy atom. The Labute approximate surface area is 328 Å². The van der Waals surface area contributed by atoms with E-state index in [4.69, 9.17) is 0 Å². The number of aliphatic hydroxyl groups is 1. The summed E-state index contributed by atoms with van der Waals surface area (Å²) in [5.74, 6) is -0.120. The summed E-state index contributed by atoms with van der Waals surface area (Å²) in [5, 5.41) is 24.7. The second-order valence-electron chi connectivity index (χ2n) is 16.4. The first-order valence-corrected chi connectivity index (χ1v) is 20.2. The molecule has 2 amide bonds. The number of piperazine rings is 1. The molecule has 13 heteroatoms. The number of fused-ring (bicyclic) bond motifs is 1. The smallest absolute Gasteiger partial charge is 0.261 e. The molecule has 13 nitrogen and oxygen atoms in total. The topological polar surface area (TPSA) is 141 Å². The van der Waals surface area contributed by atoms with Gasteiger partial charge in [0, 0.05) is 88.5 Å². The highest BCUT2D eigenvalue weighted by molar-refractivity contribution is 5.93. The molecule has 3 aromatic rings. The molecule has 3 saturated heterocycles. The third-order valence-corrected chi connectivity index (χ3v) is 12.7. The van der Waals surface area contributed by atoms with Gasteiger partial charge in [-0.1, -0.05) is 36.4 Å². The van der Waals surface area contributed by atoms with Crippen molar-refractivity contribution in [1.82, 2.24) is 34.1 Å². The highest BCUT2D eigenvalue weighted by Gasteiger charge is 2.42. The summed E-state index contributed by atoms with van der Waals surface area (Å²) in [6.07, 6.45) is 9.93. The molecule has 5 aliphatic rings. The number of aromatic nitrogens is 2. The van der Waals surface area contributed by atoms with Gasteiger partial charge in [0.15, 0.2) is 6.19 Å². The van der Waals surface area contributed by atoms with Gasteiger partial charge in [-0.2, -0.15) is 5.26 Å². The van der Waals surface area contributed by atoms with Crippen LogP contribution >= 0.6 is 0 Å². The second kappa shape index (κ2) is 16.2. The number of likely N-dealkylation sites (N-methyl/N-ethyl adjacent to an activating group) is 1. The van der Waals surface area contributed by atoms with Crippen molar-refractivity contribution < 1.29 is 14.7 Å². The molecule has 2 atom stereocenters. The first-order chi connectivity index (χ1) is 27.2. The summed E-state index contributed by atoms with van der Waals surface area (Å²) < 4.78 is 1.47. The normalized spacial score (nSPS) is 23.2. The maximum Gasteiger partial charge on any atom is 0.261 e. The van der Waals surface area contributed by atoms with Crippen molar-refractivity contribution in [2.24, 2.45) is 5.92 Å². The summed E-state index contributed by atoms with van der Waals surface area (Å²) in [6, 6.07) is 15.5. The number of allylic oxidation sites excluding steroid dienone is 1. The van der Waals surface area contributed by atoms with Crippen LogP contribution in [0.3, 0.4) is 0 Å². The van der Waals surface area contributed by atoms with Crippen LogP contribution in [0.25, 0.3) is 10.9 Å². The van der Waals surface area contributed by atoms with Gasteiger partial charge < -0.3 is 34.9 Å². The van der Waals surface area contributed by atoms with E-state index in [2.05, 4.69) is 56.5 Å². The Morgan fingerprint density at radius 1 is 1.02 bits per heavy atom. The number of piperidine rings is 2. The van der Waals surface area contributed by atoms with E-state index in [1.807, 2.05) is 28.0 Å². The van der Waals surface area contributed by atoms with Crippen LogP contribution in [-0.2, 0) is 16.1 Å². The number of likely N-dealkylation sites (tertiary alicyclic amines) is 2. The monoisotopic (exact) mass is 759 g/mol. The van der Waals surface area contributed by atoms with E-state index in [0.717, 1.165) is 64.1 Å². The van der Waals surface area contributed by atoms with Gasteiger partial charge in [-0.05, 0) is 74.1 Å². The van der Waals surface area contributed by atoms with Gasteiger partial charge in [0.05, 0.1) is 42.5 Å². The highest BCUT2D eigenvalue weighted by atomic mass is 16.3. The number of nitrogens with one attached hydrogen (secondary N) is 1. The van der Waals surface area contributed by atoms with Crippen LogP contribution in [0.1, 0.15) is 50.0 Å². The molecular weight excluding hydrogens is 707 g/mol. The van der Waals surface area contributed by atoms with Crippen LogP contribution in [0.4, 0.5) is 5.69 Å². The predicted molar refractivity (Wildman–Crippen MR) is 214 cm³/mol. The molecule has 0 spiro atoms. The zero-order valence-corrected chi connectivity index (χ0v) is 32.4. The molecule has 0 saturated carbocycles. The first-order valence-electron chi connectivity index (χ1n) is 20.2. The molecule has 2 unspecified atom stereocenters. The fourth-order valence-corrected chi connectivity index (χ4v) is 9.33. The highest BCUT2D eigenvalue weighted by Crippen LogP contribution is 2.40. The molecule has 0 radical (unpaired) electrons. The molecule has 1 aromatic heterocycles. The maximum atomic E-state index is 14.3. The Morgan fingerprint density at radius 3 is 2.57 bits per heavy atom. The fraction of sp³-hybridized carbons (Fsp3) is 0.512. The maximum absolute atomic E-state index is 14.3. The van der Waals surface area contributed by atoms with Crippen molar-refractivity contribution in [2.75, 3.05) is 84.4 Å². The summed E-state index contributed by atoms with van der Waals surface area (Å²) in [7, 11) is 2.11. The number of nitriles is 1. The van der Waals surface area contributed by atoms with Gasteiger partial charge in [-0.25, -0.2) is 4.98 Å². The molecule has 2 aromatic carbocycles. The lowest BCUT2D eigenvalue weighted by Gasteiger charge is -2.44. The molecular formula is C43H53N9O4. The Balaban J connectivity index is 0.886. The summed E-state index contributed by atoms with van der Waals surface area (Å²) >= 11 is 0. The van der Waals surface area contributed by atoms with Gasteiger partial charge in [0.1, 0.15) is 0 Å². The lowest BCUT2D eigenvalue weighted by Crippen LogP contribution is -2.53. The van der Waals surface area contributed by atoms with E-state index in [-0.39, 0.29) is 35.8 Å². The molecule has 1 aliphatic carbocycles. The van der Waals surface area contributed by atoms with Crippen molar-refractivity contribution in [3.63, 3.8) is 0 Å². The molecule has 2 N–H and O–H groups in total. The minimum Gasteiger partial charge on any atom is -0.388 e. The zero-order chi connectivity index (χ0) is 38.8. The van der Waals surface area contributed by atoms with Crippen molar-refractivity contribution >= 4 is 28.4 Å². The number of hydrogen-bond donors (Lipinski definition) is 2. The summed E-state index contributed by atoms with van der Waals surface area (Å²) in [5.41, 5.74) is 4.71. The molecule has 294 valence electrons. The number of hydrogen-bond acceptors (Lipinski definition) is 10. The lowest BCUT2D eigenvalue weighted by atomic mass is 9.78. The third-order valence-electron chi connectivity index (χ3n) is 12.7. The minimum atomic E-state index is -1.16. The van der Waals surface area contributed by atoms with Crippen LogP contribution < -0.4 is 10.9 Å². The van der Waals surface area contributed by atoms with Gasteiger partial charge in [0.25, 0.3) is 5.56 Å². The van der Waals surface area contributed by atoms with E-state index in [0.29, 0.717) is 68.6 Å². The fourth-order valence-electron chi connectivity index (χ4n) is 9.33. The molecule has 5 heterocycles. The quantitative estimate of drug-likeness (QED) is 0.313. The van der Waals surface area contributed by atoms with E-state index in [1.54, 1.807) is 18.2 Å². The largest absolute Gasteiger partial charge is 0.388 e. The minimum absolute atomic E-state index is 0.0109. The number of carbonyl (C=O) groups is 2. The van der Waals surface area contributed by atoms with Gasteiger partial charge in [-0.3, -0.25) is 19.0 Å². The average molecular weight is 760 g/mol. The molecule has 4 aliphatic heterocycles. The van der Waals surface area contributed by atoms with Crippen LogP contribution in [-0.4, -0.2) is 136 Å². The third kappa shape index (κ3) is 8.10. The van der Waals surface area contributed by atoms with E-state index >= 15 is 0 Å². The Bertz CT molecular complexity index is 2110. The van der Waals surface area contributed by atoms with Crippen LogP contribution in [0.2, 0.25) is 0 Å². The average Bonchev–Trinajstić information content (AvgIpc) is 3.66. The number of nitrogens with zero attached hydrogens (tertiary/aromatic N) is 8. The van der Waals surface area contributed by atoms with Gasteiger partial charge >= 0.3 is 0 Å². The number of benzene rings is 2. The Kier molecular flexibility index (Phi) is 11.0. The number of anilines is 1. The van der Waals surface area contributed by atoms with Crippen molar-refractivity contribution in [2.45, 2.75) is 56.6 Å². The van der Waals surface area contributed by atoms with E-state index < -0.39 is 5.60 Å². The van der Waals surface area contributed by atoms with Gasteiger partial charge in [0.2, 0.25) is 11.8 Å². The number of rotatable bonds is 9. The van der Waals surface area contributed by atoms with Crippen molar-refractivity contribution in [3.05, 3.63) is 93.7 Å². The van der Waals surface area contributed by atoms with E-state index in [9.17, 15) is 24.8 Å². The molecule has 56 heavy (non-hydrogen) atoms. The first kappa shape index (κ1) is 37.9. The second-order valence-corrected chi connectivity index (χ2v) is 16.4. The summed E-state index contributed by atoms with van der Waals surface area (Å²) in [4.78, 5) is 55.9. The molecule has 8 rings (SSSR count). The van der Waals surface area contributed by atoms with Crippen molar-refractivity contribution in [3.8, 4) is 6.19 Å². The van der Waals surface area contributed by atoms with E-state index in [1.165, 1.54) is 27.7 Å². The zero-order valence-electron chi connectivity index (χ0n) is 32.4. The Hall–Kier alpha value is -5.03. The predicted octanol–water partition coefficient (Wildman–Crippen LogP) is 3.20. The standard InChI is InChI=1S/C43H53N9O4/c1-47-20-22-48(23-21-47)16-13-40(53)46-33-10-11-35-38(24-33)45-30-52(42(35)55)28-43(56)14-18-50(19-15-43)41(54)34-12-17-51(27-36(34)31-6-3-2-4-7-31)39-9-5-8-32-25-49(29-44)26-37(32)39/h2-4,6-7,9-11,24,30,34,36,56H,5,8,12-23,25-28H2,1H3,(H,46,53). The van der Waals surface area contributed by atoms with Crippen LogP contribution in [0, 0.1) is 17.4 Å². The SMILES string of the molecule is CN1CCN(CCC(=O)Nc2ccc3c(=O)n(CC4(O)CCN(C(=O)C5CCN(C6=CCCC7=C6CN(C#N)C7)CC5c5ccccc5)CC4)cnc3c2)CC1.